The van der Waals surface area contributed by atoms with Crippen molar-refractivity contribution in [2.45, 2.75) is 32.7 Å². The molecule has 0 heterocycles. The lowest BCUT2D eigenvalue weighted by Crippen LogP contribution is -2.29. The first-order valence-electron chi connectivity index (χ1n) is 7.56. The Morgan fingerprint density at radius 3 is 2.38 bits per heavy atom. The largest absolute Gasteiger partial charge is 0.493 e. The number of hydrogen-bond acceptors (Lipinski definition) is 3. The van der Waals surface area contributed by atoms with E-state index in [2.05, 4.69) is 49.6 Å². The third-order valence-corrected chi connectivity index (χ3v) is 3.58. The van der Waals surface area contributed by atoms with Gasteiger partial charge in [0.2, 0.25) is 0 Å². The Morgan fingerprint density at radius 2 is 1.76 bits per heavy atom. The maximum atomic E-state index is 5.84. The van der Waals surface area contributed by atoms with Gasteiger partial charge >= 0.3 is 0 Å². The predicted molar refractivity (Wildman–Crippen MR) is 87.2 cm³/mol. The number of aryl methyl sites for hydroxylation is 1. The zero-order valence-corrected chi connectivity index (χ0v) is 12.8. The molecule has 0 bridgehead atoms. The summed E-state index contributed by atoms with van der Waals surface area (Å²) in [5, 5.41) is 0. The normalized spacial score (nSPS) is 12.1. The van der Waals surface area contributed by atoms with Crippen LogP contribution in [0.25, 0.3) is 0 Å². The lowest BCUT2D eigenvalue weighted by Gasteiger charge is -2.20. The van der Waals surface area contributed by atoms with Gasteiger partial charge in [0.05, 0.1) is 12.6 Å². The minimum absolute atomic E-state index is 0.0658. The molecule has 112 valence electrons. The molecule has 0 amide bonds. The molecule has 2 aromatic carbocycles. The van der Waals surface area contributed by atoms with Gasteiger partial charge in [-0.05, 0) is 30.0 Å². The summed E-state index contributed by atoms with van der Waals surface area (Å²) in [5.41, 5.74) is 6.44. The predicted octanol–water partition coefficient (Wildman–Crippen LogP) is 3.59. The van der Waals surface area contributed by atoms with Crippen LogP contribution < -0.4 is 16.0 Å². The molecule has 0 saturated carbocycles. The summed E-state index contributed by atoms with van der Waals surface area (Å²) >= 11 is 0. The smallest absolute Gasteiger partial charge is 0.124 e. The van der Waals surface area contributed by atoms with E-state index in [1.807, 2.05) is 18.2 Å². The molecule has 0 radical (unpaired) electrons. The SMILES string of the molecule is CCCOc1ccccc1C(NN)c1ccc(CC)cc1. The van der Waals surface area contributed by atoms with Crippen LogP contribution in [0.15, 0.2) is 48.5 Å². The second kappa shape index (κ2) is 7.81. The lowest BCUT2D eigenvalue weighted by molar-refractivity contribution is 0.311. The molecule has 21 heavy (non-hydrogen) atoms. The summed E-state index contributed by atoms with van der Waals surface area (Å²) in [7, 11) is 0. The van der Waals surface area contributed by atoms with E-state index in [1.54, 1.807) is 0 Å². The van der Waals surface area contributed by atoms with Gasteiger partial charge in [0.1, 0.15) is 5.75 Å². The molecule has 3 nitrogen and oxygen atoms in total. The first-order chi connectivity index (χ1) is 10.3. The summed E-state index contributed by atoms with van der Waals surface area (Å²) in [6.45, 7) is 4.97. The van der Waals surface area contributed by atoms with Gasteiger partial charge in [-0.3, -0.25) is 5.84 Å². The van der Waals surface area contributed by atoms with Crippen LogP contribution in [0.2, 0.25) is 0 Å². The highest BCUT2D eigenvalue weighted by molar-refractivity contribution is 5.42. The van der Waals surface area contributed by atoms with Crippen LogP contribution >= 0.6 is 0 Å². The fourth-order valence-corrected chi connectivity index (χ4v) is 2.37. The molecule has 0 aliphatic rings. The summed E-state index contributed by atoms with van der Waals surface area (Å²) in [4.78, 5) is 0. The van der Waals surface area contributed by atoms with E-state index < -0.39 is 0 Å². The topological polar surface area (TPSA) is 47.3 Å². The van der Waals surface area contributed by atoms with Crippen LogP contribution in [-0.4, -0.2) is 6.61 Å². The van der Waals surface area contributed by atoms with Crippen LogP contribution in [0.1, 0.15) is 43.0 Å². The van der Waals surface area contributed by atoms with Crippen molar-refractivity contribution < 1.29 is 4.74 Å². The zero-order chi connectivity index (χ0) is 15.1. The number of ether oxygens (including phenoxy) is 1. The minimum Gasteiger partial charge on any atom is -0.493 e. The van der Waals surface area contributed by atoms with Crippen molar-refractivity contribution in [2.24, 2.45) is 5.84 Å². The second-order valence-electron chi connectivity index (χ2n) is 5.08. The van der Waals surface area contributed by atoms with E-state index in [1.165, 1.54) is 5.56 Å². The van der Waals surface area contributed by atoms with Gasteiger partial charge in [-0.1, -0.05) is 56.3 Å². The number of nitrogens with one attached hydrogen (secondary N) is 1. The Balaban J connectivity index is 2.31. The van der Waals surface area contributed by atoms with Gasteiger partial charge in [-0.25, -0.2) is 5.43 Å². The van der Waals surface area contributed by atoms with Crippen LogP contribution in [0, 0.1) is 0 Å². The van der Waals surface area contributed by atoms with Gasteiger partial charge in [-0.2, -0.15) is 0 Å². The molecule has 0 aromatic heterocycles. The van der Waals surface area contributed by atoms with Crippen molar-refractivity contribution in [2.75, 3.05) is 6.61 Å². The molecule has 1 atom stereocenters. The molecular weight excluding hydrogens is 260 g/mol. The van der Waals surface area contributed by atoms with Gasteiger partial charge in [0.25, 0.3) is 0 Å². The average molecular weight is 284 g/mol. The fourth-order valence-electron chi connectivity index (χ4n) is 2.37. The van der Waals surface area contributed by atoms with Gasteiger partial charge < -0.3 is 4.74 Å². The van der Waals surface area contributed by atoms with Crippen molar-refractivity contribution in [1.82, 2.24) is 5.43 Å². The van der Waals surface area contributed by atoms with Crippen molar-refractivity contribution in [1.29, 1.82) is 0 Å². The highest BCUT2D eigenvalue weighted by atomic mass is 16.5. The van der Waals surface area contributed by atoms with Crippen molar-refractivity contribution in [3.63, 3.8) is 0 Å². The fraction of sp³-hybridized carbons (Fsp3) is 0.333. The van der Waals surface area contributed by atoms with Crippen LogP contribution in [0.4, 0.5) is 0 Å². The molecule has 0 fully saturated rings. The van der Waals surface area contributed by atoms with Gasteiger partial charge in [0, 0.05) is 5.56 Å². The van der Waals surface area contributed by atoms with Crippen LogP contribution in [-0.2, 0) is 6.42 Å². The lowest BCUT2D eigenvalue weighted by atomic mass is 9.97. The molecule has 0 aliphatic heterocycles. The molecule has 3 heteroatoms. The summed E-state index contributed by atoms with van der Waals surface area (Å²) in [6.07, 6.45) is 2.03. The van der Waals surface area contributed by atoms with Gasteiger partial charge in [0.15, 0.2) is 0 Å². The van der Waals surface area contributed by atoms with E-state index in [0.717, 1.165) is 29.7 Å². The molecule has 0 saturated heterocycles. The first kappa shape index (κ1) is 15.5. The van der Waals surface area contributed by atoms with E-state index in [4.69, 9.17) is 10.6 Å². The molecule has 1 unspecified atom stereocenters. The molecule has 3 N–H and O–H groups in total. The Bertz CT molecular complexity index is 551. The van der Waals surface area contributed by atoms with E-state index in [0.29, 0.717) is 6.61 Å². The summed E-state index contributed by atoms with van der Waals surface area (Å²) in [6, 6.07) is 16.5. The Labute approximate surface area is 127 Å². The highest BCUT2D eigenvalue weighted by Crippen LogP contribution is 2.29. The van der Waals surface area contributed by atoms with E-state index in [-0.39, 0.29) is 6.04 Å². The average Bonchev–Trinajstić information content (AvgIpc) is 2.55. The molecule has 0 spiro atoms. The van der Waals surface area contributed by atoms with E-state index >= 15 is 0 Å². The molecular formula is C18H24N2O. The minimum atomic E-state index is -0.0658. The molecule has 2 aromatic rings. The van der Waals surface area contributed by atoms with Crippen LogP contribution in [0.3, 0.4) is 0 Å². The number of benzene rings is 2. The summed E-state index contributed by atoms with van der Waals surface area (Å²) in [5.74, 6) is 6.69. The number of para-hydroxylation sites is 1. The van der Waals surface area contributed by atoms with Crippen molar-refractivity contribution >= 4 is 0 Å². The highest BCUT2D eigenvalue weighted by Gasteiger charge is 2.16. The van der Waals surface area contributed by atoms with Crippen molar-refractivity contribution in [3.8, 4) is 5.75 Å². The quantitative estimate of drug-likeness (QED) is 0.603. The Kier molecular flexibility index (Phi) is 5.78. The zero-order valence-electron chi connectivity index (χ0n) is 12.8. The summed E-state index contributed by atoms with van der Waals surface area (Å²) < 4.78 is 5.84. The maximum absolute atomic E-state index is 5.84. The number of nitrogens with two attached hydrogens (primary N) is 1. The standard InChI is InChI=1S/C18H24N2O/c1-3-13-21-17-8-6-5-7-16(17)18(20-19)15-11-9-14(4-2)10-12-15/h5-12,18,20H,3-4,13,19H2,1-2H3. The Morgan fingerprint density at radius 1 is 1.05 bits per heavy atom. The number of rotatable bonds is 7. The number of hydrogen-bond donors (Lipinski definition) is 2. The Hall–Kier alpha value is -1.84. The third-order valence-electron chi connectivity index (χ3n) is 3.58. The van der Waals surface area contributed by atoms with E-state index in [9.17, 15) is 0 Å². The second-order valence-corrected chi connectivity index (χ2v) is 5.08. The first-order valence-corrected chi connectivity index (χ1v) is 7.56. The van der Waals surface area contributed by atoms with Crippen molar-refractivity contribution in [3.05, 3.63) is 65.2 Å². The monoisotopic (exact) mass is 284 g/mol. The van der Waals surface area contributed by atoms with Crippen LogP contribution in [0.5, 0.6) is 5.75 Å². The third kappa shape index (κ3) is 3.84. The maximum Gasteiger partial charge on any atom is 0.124 e. The molecule has 0 aliphatic carbocycles. The van der Waals surface area contributed by atoms with Gasteiger partial charge in [-0.15, -0.1) is 0 Å². The number of hydrazine groups is 1. The molecule has 2 rings (SSSR count).